The molecule has 3 aromatic heterocycles. The fourth-order valence-electron chi connectivity index (χ4n) is 4.47. The molecule has 1 saturated heterocycles. The van der Waals surface area contributed by atoms with Crippen molar-refractivity contribution in [3.05, 3.63) is 48.7 Å². The predicted octanol–water partition coefficient (Wildman–Crippen LogP) is 3.52. The van der Waals surface area contributed by atoms with Gasteiger partial charge in [0.05, 0.1) is 22.6 Å². The molecule has 0 bridgehead atoms. The van der Waals surface area contributed by atoms with E-state index < -0.39 is 54.6 Å². The lowest BCUT2D eigenvalue weighted by molar-refractivity contribution is -0.145. The maximum Gasteiger partial charge on any atom is 0.408 e. The molecule has 4 aromatic rings. The molecule has 1 aromatic carbocycles. The number of hydrogen-bond donors (Lipinski definition) is 1. The number of halogens is 4. The van der Waals surface area contributed by atoms with Crippen LogP contribution in [0.15, 0.2) is 42.9 Å². The normalized spacial score (nSPS) is 19.9. The Kier molecular flexibility index (Phi) is 4.98. The summed E-state index contributed by atoms with van der Waals surface area (Å²) in [5.41, 5.74) is 4.07. The molecule has 2 amide bonds. The van der Waals surface area contributed by atoms with Crippen LogP contribution in [0.3, 0.4) is 0 Å². The molecule has 204 valence electrons. The molecule has 0 spiro atoms. The summed E-state index contributed by atoms with van der Waals surface area (Å²) in [5, 5.41) is 7.92. The average molecular weight is 549 g/mol. The van der Waals surface area contributed by atoms with Gasteiger partial charge in [0.15, 0.2) is 5.82 Å². The Balaban J connectivity index is 1.72. The Morgan fingerprint density at radius 3 is 2.59 bits per heavy atom. The van der Waals surface area contributed by atoms with E-state index in [1.165, 1.54) is 42.8 Å². The zero-order valence-electron chi connectivity index (χ0n) is 24.8. The maximum atomic E-state index is 15.4. The Morgan fingerprint density at radius 2 is 1.90 bits per heavy atom. The topological polar surface area (TPSA) is 115 Å². The highest BCUT2D eigenvalue weighted by atomic mass is 19.4. The molecule has 5 rings (SSSR count). The van der Waals surface area contributed by atoms with Gasteiger partial charge >= 0.3 is 6.18 Å². The molecule has 0 atom stereocenters. The third kappa shape index (κ3) is 4.45. The van der Waals surface area contributed by atoms with E-state index in [0.29, 0.717) is 14.5 Å². The minimum Gasteiger partial charge on any atom is -0.382 e. The third-order valence-electron chi connectivity index (χ3n) is 6.26. The van der Waals surface area contributed by atoms with Crippen molar-refractivity contribution in [1.29, 1.82) is 0 Å². The summed E-state index contributed by atoms with van der Waals surface area (Å²) in [7, 11) is 0. The van der Waals surface area contributed by atoms with Gasteiger partial charge in [-0.25, -0.2) is 13.9 Å². The summed E-state index contributed by atoms with van der Waals surface area (Å²) >= 11 is 0. The summed E-state index contributed by atoms with van der Waals surface area (Å²) in [5.74, 6) is -3.18. The minimum atomic E-state index is -4.59. The quantitative estimate of drug-likeness (QED) is 0.391. The van der Waals surface area contributed by atoms with Crippen molar-refractivity contribution in [2.45, 2.75) is 39.0 Å². The number of hydrogen-bond acceptors (Lipinski definition) is 6. The third-order valence-corrected chi connectivity index (χ3v) is 6.26. The van der Waals surface area contributed by atoms with Crippen LogP contribution < -0.4 is 10.6 Å². The predicted molar refractivity (Wildman–Crippen MR) is 134 cm³/mol. The van der Waals surface area contributed by atoms with Crippen LogP contribution in [0, 0.1) is 5.82 Å². The van der Waals surface area contributed by atoms with Gasteiger partial charge in [-0.05, 0) is 44.2 Å². The second-order valence-electron chi connectivity index (χ2n) is 9.28. The van der Waals surface area contributed by atoms with Gasteiger partial charge in [0.2, 0.25) is 5.91 Å². The monoisotopic (exact) mass is 548 g/mol. The van der Waals surface area contributed by atoms with Crippen molar-refractivity contribution in [1.82, 2.24) is 29.3 Å². The fourth-order valence-corrected chi connectivity index (χ4v) is 4.47. The van der Waals surface area contributed by atoms with Gasteiger partial charge in [-0.1, -0.05) is 0 Å². The first kappa shape index (κ1) is 21.4. The van der Waals surface area contributed by atoms with E-state index in [1.807, 2.05) is 0 Å². The number of rotatable bonds is 4. The van der Waals surface area contributed by atoms with Gasteiger partial charge in [-0.2, -0.15) is 23.4 Å². The van der Waals surface area contributed by atoms with Crippen molar-refractivity contribution >= 4 is 28.8 Å². The number of aromatic nitrogens is 5. The Hall–Kier alpha value is -4.49. The largest absolute Gasteiger partial charge is 0.408 e. The van der Waals surface area contributed by atoms with Crippen molar-refractivity contribution in [3.63, 3.8) is 0 Å². The summed E-state index contributed by atoms with van der Waals surface area (Å²) in [6, 6.07) is 6.01. The van der Waals surface area contributed by atoms with E-state index in [2.05, 4.69) is 15.2 Å². The second kappa shape index (κ2) is 9.06. The van der Waals surface area contributed by atoms with Gasteiger partial charge in [0.25, 0.3) is 5.91 Å². The van der Waals surface area contributed by atoms with Crippen LogP contribution in [0.1, 0.15) is 26.3 Å². The van der Waals surface area contributed by atoms with E-state index in [0.717, 1.165) is 25.4 Å². The number of fused-ring (bicyclic) bond motifs is 1. The average Bonchev–Trinajstić information content (AvgIpc) is 3.47. The van der Waals surface area contributed by atoms with Gasteiger partial charge in [-0.15, -0.1) is 0 Å². The van der Waals surface area contributed by atoms with E-state index >= 15 is 4.39 Å². The lowest BCUT2D eigenvalue weighted by Crippen LogP contribution is -2.64. The van der Waals surface area contributed by atoms with Crippen molar-refractivity contribution in [2.75, 3.05) is 23.6 Å². The van der Waals surface area contributed by atoms with Crippen LogP contribution in [0.2, 0.25) is 0 Å². The number of piperazine rings is 1. The zero-order chi connectivity index (χ0) is 31.9. The first-order chi connectivity index (χ1) is 19.8. The molecule has 0 unspecified atom stereocenters. The van der Waals surface area contributed by atoms with E-state index in [1.54, 1.807) is 0 Å². The van der Waals surface area contributed by atoms with Crippen LogP contribution in [0.4, 0.5) is 29.1 Å². The molecule has 0 aliphatic carbocycles. The molecule has 14 heteroatoms. The highest BCUT2D eigenvalue weighted by Gasteiger charge is 2.44. The van der Waals surface area contributed by atoms with Gasteiger partial charge < -0.3 is 15.5 Å². The van der Waals surface area contributed by atoms with E-state index in [-0.39, 0.29) is 33.8 Å². The van der Waals surface area contributed by atoms with Gasteiger partial charge in [0, 0.05) is 37.2 Å². The van der Waals surface area contributed by atoms with Crippen LogP contribution in [0.25, 0.3) is 28.0 Å². The second-order valence-corrected chi connectivity index (χ2v) is 9.28. The molecule has 0 saturated carbocycles. The Labute approximate surface area is 225 Å². The molecule has 0 radical (unpaired) electrons. The molecule has 4 heterocycles. The number of alkyl halides is 3. The molecule has 2 N–H and O–H groups in total. The summed E-state index contributed by atoms with van der Waals surface area (Å²) in [4.78, 5) is 30.7. The lowest BCUT2D eigenvalue weighted by atomic mass is 9.96. The van der Waals surface area contributed by atoms with E-state index in [4.69, 9.17) is 11.2 Å². The van der Waals surface area contributed by atoms with Gasteiger partial charge in [-0.3, -0.25) is 14.3 Å². The number of amides is 2. The van der Waals surface area contributed by atoms with Crippen molar-refractivity contribution in [3.8, 4) is 22.5 Å². The highest BCUT2D eigenvalue weighted by molar-refractivity contribution is 6.03. The number of nitrogens with two attached hydrogens (primary N) is 1. The van der Waals surface area contributed by atoms with Crippen molar-refractivity contribution in [2.24, 2.45) is 0 Å². The molecular formula is C25H24F4N8O2. The molecule has 10 nitrogen and oxygen atoms in total. The SMILES string of the molecule is [2H]C1([2H])N(c2cc(-c3cc(-c4ccnn4CC(F)(F)F)c4c(N)ncnn34)ccc2F)C(=O)C(C)(C)N(C(C)=O)C1([2H])[2H]. The standard InChI is InChI=1S/C25H24F4N8O2/c1-14(38)35-9-8-34(23(39)24(35,2)3)20-10-15(4-5-17(20)26)19-11-16(21-22(30)31-13-33-37(19)21)18-6-7-32-36(18)12-25(27,28)29/h4-7,10-11,13H,8-9,12H2,1-3H3,(H2,30,31,33)/i8D2,9D2. The minimum absolute atomic E-state index is 0.0201. The first-order valence-corrected chi connectivity index (χ1v) is 11.5. The van der Waals surface area contributed by atoms with Crippen LogP contribution in [-0.4, -0.2) is 65.8 Å². The smallest absolute Gasteiger partial charge is 0.382 e. The number of nitrogen functional groups attached to an aromatic ring is 1. The maximum absolute atomic E-state index is 15.4. The van der Waals surface area contributed by atoms with E-state index in [9.17, 15) is 22.8 Å². The number of anilines is 2. The fraction of sp³-hybridized carbons (Fsp3) is 0.320. The number of benzene rings is 1. The number of nitrogens with zero attached hydrogens (tertiary/aromatic N) is 7. The zero-order valence-corrected chi connectivity index (χ0v) is 20.8. The van der Waals surface area contributed by atoms with Crippen LogP contribution in [0.5, 0.6) is 0 Å². The number of carbonyl (C=O) groups excluding carboxylic acids is 2. The summed E-state index contributed by atoms with van der Waals surface area (Å²) < 4.78 is 91.2. The first-order valence-electron chi connectivity index (χ1n) is 13.5. The van der Waals surface area contributed by atoms with Crippen LogP contribution >= 0.6 is 0 Å². The number of carbonyl (C=O) groups is 2. The Bertz CT molecular complexity index is 1790. The molecule has 1 aliphatic heterocycles. The summed E-state index contributed by atoms with van der Waals surface area (Å²) in [6.45, 7) is -4.31. The molecule has 1 aliphatic rings. The molecular weight excluding hydrogens is 520 g/mol. The van der Waals surface area contributed by atoms with Crippen molar-refractivity contribution < 1.29 is 32.6 Å². The summed E-state index contributed by atoms with van der Waals surface area (Å²) in [6.07, 6.45) is -2.33. The highest BCUT2D eigenvalue weighted by Crippen LogP contribution is 2.37. The molecule has 39 heavy (non-hydrogen) atoms. The lowest BCUT2D eigenvalue weighted by Gasteiger charge is -2.45. The Morgan fingerprint density at radius 1 is 1.15 bits per heavy atom. The van der Waals surface area contributed by atoms with Gasteiger partial charge in [0.1, 0.15) is 29.7 Å². The molecule has 1 fully saturated rings. The van der Waals surface area contributed by atoms with Crippen LogP contribution in [-0.2, 0) is 16.1 Å².